The summed E-state index contributed by atoms with van der Waals surface area (Å²) < 4.78 is 23.9. The van der Waals surface area contributed by atoms with E-state index in [1.165, 1.54) is 0 Å². The number of methoxy groups -OCH3 is 4. The fourth-order valence-electron chi connectivity index (χ4n) is 3.53. The van der Waals surface area contributed by atoms with Crippen molar-refractivity contribution in [3.05, 3.63) is 17.5 Å². The van der Waals surface area contributed by atoms with Gasteiger partial charge in [0.05, 0.1) is 34.4 Å². The van der Waals surface area contributed by atoms with Crippen LogP contribution in [0.5, 0.6) is 0 Å². The predicted octanol–water partition coefficient (Wildman–Crippen LogP) is -0.878. The van der Waals surface area contributed by atoms with Crippen molar-refractivity contribution in [1.82, 2.24) is 10.4 Å². The van der Waals surface area contributed by atoms with Crippen LogP contribution in [0.25, 0.3) is 0 Å². The minimum Gasteiger partial charge on any atom is -0.467 e. The maximum atomic E-state index is 12.9. The fourth-order valence-corrected chi connectivity index (χ4v) is 3.53. The van der Waals surface area contributed by atoms with Gasteiger partial charge in [0.1, 0.15) is 6.26 Å². The van der Waals surface area contributed by atoms with Crippen LogP contribution < -0.4 is 0 Å². The summed E-state index contributed by atoms with van der Waals surface area (Å²) >= 11 is 0. The van der Waals surface area contributed by atoms with E-state index in [1.54, 1.807) is 0 Å². The molecule has 13 heteroatoms. The zero-order valence-electron chi connectivity index (χ0n) is 15.9. The first-order valence-electron chi connectivity index (χ1n) is 8.26. The van der Waals surface area contributed by atoms with Crippen molar-refractivity contribution in [2.75, 3.05) is 28.4 Å². The van der Waals surface area contributed by atoms with E-state index in [1.807, 2.05) is 0 Å². The smallest absolute Gasteiger partial charge is 0.360 e. The molecule has 29 heavy (non-hydrogen) atoms. The number of rotatable bonds is 5. The monoisotopic (exact) mass is 414 g/mol. The Hall–Kier alpha value is -3.03. The van der Waals surface area contributed by atoms with E-state index in [0.717, 1.165) is 34.7 Å². The zero-order chi connectivity index (χ0) is 21.3. The van der Waals surface area contributed by atoms with Crippen LogP contribution in [-0.2, 0) is 43.0 Å². The van der Waals surface area contributed by atoms with Gasteiger partial charge in [-0.15, -0.1) is 0 Å². The van der Waals surface area contributed by atoms with Crippen molar-refractivity contribution in [1.29, 1.82) is 0 Å². The largest absolute Gasteiger partial charge is 0.467 e. The number of hydrogen-bond donors (Lipinski definition) is 0. The lowest BCUT2D eigenvalue weighted by molar-refractivity contribution is -0.362. The molecule has 2 aliphatic rings. The molecule has 0 saturated carbocycles. The van der Waals surface area contributed by atoms with Gasteiger partial charge in [0.15, 0.2) is 23.4 Å². The Morgan fingerprint density at radius 3 is 2.31 bits per heavy atom. The van der Waals surface area contributed by atoms with E-state index in [2.05, 4.69) is 14.6 Å². The van der Waals surface area contributed by atoms with Crippen molar-refractivity contribution in [3.63, 3.8) is 0 Å². The van der Waals surface area contributed by atoms with Gasteiger partial charge in [-0.25, -0.2) is 19.2 Å². The molecule has 2 fully saturated rings. The molecule has 0 aliphatic carbocycles. The third-order valence-electron chi connectivity index (χ3n) is 4.82. The van der Waals surface area contributed by atoms with Crippen LogP contribution in [0.15, 0.2) is 10.8 Å². The standard InChI is InChI=1S/C16H18N2O11/c1-23-12(19)8-5-16(15(22)26-4)9(7-6-27-17-10(7)13(20)24-2)11(14(21)25-3)29-18(16)28-8/h6,8-9,11H,5H2,1-4H3/t8-,9+,11+,16-/m0/s1. The number of ether oxygens (including phenoxy) is 4. The van der Waals surface area contributed by atoms with E-state index in [4.69, 9.17) is 23.7 Å². The van der Waals surface area contributed by atoms with Gasteiger partial charge in [0, 0.05) is 12.0 Å². The summed E-state index contributed by atoms with van der Waals surface area (Å²) in [6.07, 6.45) is -1.92. The third kappa shape index (κ3) is 3.03. The molecule has 2 saturated heterocycles. The maximum Gasteiger partial charge on any atom is 0.360 e. The number of hydroxylamine groups is 2. The van der Waals surface area contributed by atoms with E-state index in [9.17, 15) is 19.2 Å². The fraction of sp³-hybridized carbons (Fsp3) is 0.562. The summed E-state index contributed by atoms with van der Waals surface area (Å²) in [5, 5.41) is 4.30. The van der Waals surface area contributed by atoms with Gasteiger partial charge in [-0.2, -0.15) is 0 Å². The van der Waals surface area contributed by atoms with Gasteiger partial charge < -0.3 is 23.5 Å². The molecule has 4 atom stereocenters. The molecule has 2 aliphatic heterocycles. The Balaban J connectivity index is 2.17. The van der Waals surface area contributed by atoms with E-state index in [0.29, 0.717) is 5.23 Å². The average molecular weight is 414 g/mol. The van der Waals surface area contributed by atoms with Crippen LogP contribution in [0.1, 0.15) is 28.4 Å². The Kier molecular flexibility index (Phi) is 5.55. The molecule has 3 heterocycles. The minimum atomic E-state index is -1.85. The molecule has 158 valence electrons. The molecule has 0 aromatic carbocycles. The van der Waals surface area contributed by atoms with Crippen LogP contribution in [0, 0.1) is 0 Å². The quantitative estimate of drug-likeness (QED) is 0.433. The summed E-state index contributed by atoms with van der Waals surface area (Å²) in [5.41, 5.74) is -2.13. The first-order valence-corrected chi connectivity index (χ1v) is 8.26. The molecule has 1 aromatic heterocycles. The highest BCUT2D eigenvalue weighted by molar-refractivity contribution is 5.92. The molecule has 0 amide bonds. The third-order valence-corrected chi connectivity index (χ3v) is 4.82. The van der Waals surface area contributed by atoms with Crippen molar-refractivity contribution in [2.24, 2.45) is 0 Å². The van der Waals surface area contributed by atoms with Crippen molar-refractivity contribution in [3.8, 4) is 0 Å². The molecule has 0 bridgehead atoms. The molecule has 0 radical (unpaired) electrons. The highest BCUT2D eigenvalue weighted by atomic mass is 17.0. The normalized spacial score (nSPS) is 28.5. The second kappa shape index (κ2) is 7.77. The van der Waals surface area contributed by atoms with Crippen LogP contribution in [-0.4, -0.2) is 80.4 Å². The Labute approximate surface area is 163 Å². The molecule has 0 spiro atoms. The highest BCUT2D eigenvalue weighted by Crippen LogP contribution is 2.52. The first-order chi connectivity index (χ1) is 13.8. The molecular formula is C16H18N2O11. The summed E-state index contributed by atoms with van der Waals surface area (Å²) in [7, 11) is 4.49. The second-order valence-corrected chi connectivity index (χ2v) is 6.13. The lowest BCUT2D eigenvalue weighted by Gasteiger charge is -2.29. The molecule has 1 aromatic rings. The van der Waals surface area contributed by atoms with Gasteiger partial charge >= 0.3 is 23.9 Å². The minimum absolute atomic E-state index is 0.00858. The van der Waals surface area contributed by atoms with Gasteiger partial charge in [-0.1, -0.05) is 5.16 Å². The van der Waals surface area contributed by atoms with Gasteiger partial charge in [-0.3, -0.25) is 9.68 Å². The van der Waals surface area contributed by atoms with Crippen LogP contribution in [0.2, 0.25) is 0 Å². The molecule has 13 nitrogen and oxygen atoms in total. The number of carbonyl (C=O) groups excluding carboxylic acids is 4. The summed E-state index contributed by atoms with van der Waals surface area (Å²) in [6, 6.07) is 0. The lowest BCUT2D eigenvalue weighted by atomic mass is 9.74. The number of esters is 4. The van der Waals surface area contributed by atoms with E-state index in [-0.39, 0.29) is 17.7 Å². The van der Waals surface area contributed by atoms with Crippen LogP contribution in [0.4, 0.5) is 0 Å². The Bertz CT molecular complexity index is 837. The van der Waals surface area contributed by atoms with Gasteiger partial charge in [-0.05, 0) is 5.23 Å². The van der Waals surface area contributed by atoms with E-state index >= 15 is 0 Å². The maximum absolute atomic E-state index is 12.9. The summed E-state index contributed by atoms with van der Waals surface area (Å²) in [6.45, 7) is 0. The number of hydrogen-bond acceptors (Lipinski definition) is 13. The van der Waals surface area contributed by atoms with Crippen molar-refractivity contribution < 1.29 is 52.3 Å². The number of carbonyl (C=O) groups is 4. The van der Waals surface area contributed by atoms with Gasteiger partial charge in [0.25, 0.3) is 0 Å². The number of aromatic nitrogens is 1. The topological polar surface area (TPSA) is 153 Å². The Morgan fingerprint density at radius 2 is 1.72 bits per heavy atom. The van der Waals surface area contributed by atoms with Crippen LogP contribution >= 0.6 is 0 Å². The molecule has 3 rings (SSSR count). The SMILES string of the molecule is COC(=O)c1nocc1[C@@H]1[C@H](C(=O)OC)ON2O[C@H](C(=O)OC)C[C@@]12C(=O)OC. The van der Waals surface area contributed by atoms with Gasteiger partial charge in [0.2, 0.25) is 0 Å². The summed E-state index contributed by atoms with van der Waals surface area (Å²) in [4.78, 5) is 60.3. The first kappa shape index (κ1) is 20.7. The summed E-state index contributed by atoms with van der Waals surface area (Å²) in [5.74, 6) is -4.67. The average Bonchev–Trinajstić information content (AvgIpc) is 3.43. The lowest BCUT2D eigenvalue weighted by Crippen LogP contribution is -2.51. The Morgan fingerprint density at radius 1 is 1.03 bits per heavy atom. The molecule has 0 N–H and O–H groups in total. The predicted molar refractivity (Wildman–Crippen MR) is 85.6 cm³/mol. The van der Waals surface area contributed by atoms with Crippen molar-refractivity contribution in [2.45, 2.75) is 30.1 Å². The highest BCUT2D eigenvalue weighted by Gasteiger charge is 2.71. The van der Waals surface area contributed by atoms with E-state index < -0.39 is 47.5 Å². The zero-order valence-corrected chi connectivity index (χ0v) is 15.9. The second-order valence-electron chi connectivity index (χ2n) is 6.13. The number of nitrogens with zero attached hydrogens (tertiary/aromatic N) is 2. The molecule has 0 unspecified atom stereocenters. The molecular weight excluding hydrogens is 396 g/mol. The number of fused-ring (bicyclic) bond motifs is 1. The van der Waals surface area contributed by atoms with Crippen molar-refractivity contribution >= 4 is 23.9 Å². The van der Waals surface area contributed by atoms with Crippen LogP contribution in [0.3, 0.4) is 0 Å².